The maximum atomic E-state index is 6.15. The van der Waals surface area contributed by atoms with Crippen LogP contribution in [0, 0.1) is 0 Å². The molecule has 0 atom stereocenters. The van der Waals surface area contributed by atoms with E-state index in [0.717, 1.165) is 35.5 Å². The second kappa shape index (κ2) is 5.77. The Kier molecular flexibility index (Phi) is 3.84. The minimum absolute atomic E-state index is 0.443. The Hall–Kier alpha value is -2.01. The molecule has 5 heteroatoms. The van der Waals surface area contributed by atoms with Crippen molar-refractivity contribution in [3.63, 3.8) is 0 Å². The van der Waals surface area contributed by atoms with Crippen molar-refractivity contribution in [1.82, 2.24) is 9.66 Å². The molecule has 1 aromatic heterocycles. The molecule has 1 aliphatic rings. The molecule has 1 saturated carbocycles. The molecule has 0 radical (unpaired) electrons. The Morgan fingerprint density at radius 3 is 2.52 bits per heavy atom. The number of imidazole rings is 1. The fourth-order valence-corrected chi connectivity index (χ4v) is 3.07. The largest absolute Gasteiger partial charge is 0.382 e. The van der Waals surface area contributed by atoms with E-state index in [1.807, 2.05) is 24.3 Å². The van der Waals surface area contributed by atoms with Crippen molar-refractivity contribution >= 4 is 5.82 Å². The number of anilines is 1. The van der Waals surface area contributed by atoms with Gasteiger partial charge in [-0.3, -0.25) is 0 Å². The Morgan fingerprint density at radius 1 is 1.24 bits per heavy atom. The fourth-order valence-electron chi connectivity index (χ4n) is 3.07. The van der Waals surface area contributed by atoms with Gasteiger partial charge in [-0.15, -0.1) is 0 Å². The van der Waals surface area contributed by atoms with Crippen molar-refractivity contribution in [1.29, 1.82) is 0 Å². The van der Waals surface area contributed by atoms with Crippen LogP contribution in [-0.2, 0) is 11.3 Å². The van der Waals surface area contributed by atoms with Crippen molar-refractivity contribution in [3.05, 3.63) is 35.7 Å². The van der Waals surface area contributed by atoms with E-state index in [-0.39, 0.29) is 0 Å². The monoisotopic (exact) mass is 286 g/mol. The number of nitrogens with two attached hydrogens (primary N) is 2. The van der Waals surface area contributed by atoms with Gasteiger partial charge in [-0.1, -0.05) is 37.1 Å². The van der Waals surface area contributed by atoms with Gasteiger partial charge in [-0.05, 0) is 18.4 Å². The maximum Gasteiger partial charge on any atom is 0.150 e. The Bertz CT molecular complexity index is 612. The molecule has 0 amide bonds. The zero-order valence-electron chi connectivity index (χ0n) is 12.4. The van der Waals surface area contributed by atoms with Gasteiger partial charge in [0.15, 0.2) is 5.82 Å². The van der Waals surface area contributed by atoms with E-state index in [1.54, 1.807) is 11.8 Å². The van der Waals surface area contributed by atoms with Gasteiger partial charge in [-0.25, -0.2) is 9.66 Å². The summed E-state index contributed by atoms with van der Waals surface area (Å²) in [5.41, 5.74) is 9.06. The van der Waals surface area contributed by atoms with Crippen molar-refractivity contribution in [2.45, 2.75) is 38.2 Å². The molecule has 0 bridgehead atoms. The number of hydrogen-bond donors (Lipinski definition) is 2. The lowest BCUT2D eigenvalue weighted by Crippen LogP contribution is -2.17. The topological polar surface area (TPSA) is 79.1 Å². The number of rotatable bonds is 4. The molecular formula is C16H22N4O. The number of ether oxygens (including phenoxy) is 1. The lowest BCUT2D eigenvalue weighted by molar-refractivity contribution is 0.185. The fraction of sp³-hybridized carbons (Fsp3) is 0.438. The lowest BCUT2D eigenvalue weighted by atomic mass is 10.1. The molecule has 4 N–H and O–H groups in total. The highest BCUT2D eigenvalue weighted by Crippen LogP contribution is 2.36. The second-order valence-corrected chi connectivity index (χ2v) is 5.69. The van der Waals surface area contributed by atoms with Gasteiger partial charge in [-0.2, -0.15) is 0 Å². The summed E-state index contributed by atoms with van der Waals surface area (Å²) in [6, 6.07) is 8.10. The van der Waals surface area contributed by atoms with E-state index < -0.39 is 0 Å². The Labute approximate surface area is 124 Å². The summed E-state index contributed by atoms with van der Waals surface area (Å²) in [5, 5.41) is 0. The van der Waals surface area contributed by atoms with Crippen LogP contribution in [0.2, 0.25) is 0 Å². The second-order valence-electron chi connectivity index (χ2n) is 5.69. The minimum atomic E-state index is 0.443. The van der Waals surface area contributed by atoms with Crippen molar-refractivity contribution in [2.75, 3.05) is 18.7 Å². The molecule has 0 unspecified atom stereocenters. The molecule has 21 heavy (non-hydrogen) atoms. The quantitative estimate of drug-likeness (QED) is 0.847. The van der Waals surface area contributed by atoms with Crippen molar-refractivity contribution in [2.24, 2.45) is 0 Å². The van der Waals surface area contributed by atoms with Gasteiger partial charge in [0, 0.05) is 18.6 Å². The first-order chi connectivity index (χ1) is 10.2. The zero-order chi connectivity index (χ0) is 14.8. The summed E-state index contributed by atoms with van der Waals surface area (Å²) in [7, 11) is 1.69. The van der Waals surface area contributed by atoms with Gasteiger partial charge in [0.25, 0.3) is 0 Å². The molecule has 1 aromatic carbocycles. The summed E-state index contributed by atoms with van der Waals surface area (Å²) < 4.78 is 6.69. The van der Waals surface area contributed by atoms with E-state index >= 15 is 0 Å². The standard InChI is InChI=1S/C16H22N4O/c1-21-10-11-6-8-12(9-7-11)14-15(17)20(18)16(19-14)13-4-2-3-5-13/h6-9,13H,2-5,10,17-18H2,1H3. The molecule has 0 spiro atoms. The van der Waals surface area contributed by atoms with E-state index in [9.17, 15) is 0 Å². The van der Waals surface area contributed by atoms with Crippen LogP contribution in [0.1, 0.15) is 43.0 Å². The van der Waals surface area contributed by atoms with Crippen molar-refractivity contribution in [3.8, 4) is 11.3 Å². The highest BCUT2D eigenvalue weighted by molar-refractivity contribution is 5.71. The summed E-state index contributed by atoms with van der Waals surface area (Å²) in [5.74, 6) is 8.01. The summed E-state index contributed by atoms with van der Waals surface area (Å²) in [6.45, 7) is 0.606. The van der Waals surface area contributed by atoms with Gasteiger partial charge in [0.05, 0.1) is 6.61 Å². The Balaban J connectivity index is 1.92. The molecule has 3 rings (SSSR count). The lowest BCUT2D eigenvalue weighted by Gasteiger charge is -2.08. The first-order valence-electron chi connectivity index (χ1n) is 7.42. The molecule has 1 fully saturated rings. The Morgan fingerprint density at radius 2 is 1.90 bits per heavy atom. The molecule has 0 aliphatic heterocycles. The molecule has 1 aliphatic carbocycles. The first kappa shape index (κ1) is 13.9. The predicted molar refractivity (Wildman–Crippen MR) is 84.1 cm³/mol. The zero-order valence-corrected chi connectivity index (χ0v) is 12.4. The third kappa shape index (κ3) is 2.61. The molecule has 112 valence electrons. The van der Waals surface area contributed by atoms with Crippen LogP contribution in [0.3, 0.4) is 0 Å². The third-order valence-corrected chi connectivity index (χ3v) is 4.23. The van der Waals surface area contributed by atoms with Crippen LogP contribution in [0.25, 0.3) is 11.3 Å². The third-order valence-electron chi connectivity index (χ3n) is 4.23. The predicted octanol–water partition coefficient (Wildman–Crippen LogP) is 2.65. The average molecular weight is 286 g/mol. The van der Waals surface area contributed by atoms with Crippen LogP contribution in [-0.4, -0.2) is 16.8 Å². The normalized spacial score (nSPS) is 15.7. The number of methoxy groups -OCH3 is 1. The molecule has 2 aromatic rings. The SMILES string of the molecule is COCc1ccc(-c2nc(C3CCCC3)n(N)c2N)cc1. The van der Waals surface area contributed by atoms with Crippen LogP contribution >= 0.6 is 0 Å². The van der Waals surface area contributed by atoms with Gasteiger partial charge >= 0.3 is 0 Å². The molecule has 5 nitrogen and oxygen atoms in total. The highest BCUT2D eigenvalue weighted by Gasteiger charge is 2.24. The minimum Gasteiger partial charge on any atom is -0.382 e. The number of hydrogen-bond acceptors (Lipinski definition) is 4. The number of benzene rings is 1. The van der Waals surface area contributed by atoms with E-state index in [4.69, 9.17) is 21.3 Å². The van der Waals surface area contributed by atoms with Gasteiger partial charge < -0.3 is 16.3 Å². The van der Waals surface area contributed by atoms with Crippen molar-refractivity contribution < 1.29 is 4.74 Å². The van der Waals surface area contributed by atoms with Crippen LogP contribution in [0.4, 0.5) is 5.82 Å². The van der Waals surface area contributed by atoms with Crippen LogP contribution in [0.5, 0.6) is 0 Å². The number of nitrogen functional groups attached to an aromatic ring is 2. The summed E-state index contributed by atoms with van der Waals surface area (Å²) in [6.07, 6.45) is 4.80. The van der Waals surface area contributed by atoms with E-state index in [2.05, 4.69) is 0 Å². The average Bonchev–Trinajstić information content (AvgIpc) is 3.11. The molecule has 1 heterocycles. The van der Waals surface area contributed by atoms with Gasteiger partial charge in [0.2, 0.25) is 0 Å². The summed E-state index contributed by atoms with van der Waals surface area (Å²) in [4.78, 5) is 4.72. The molecule has 0 saturated heterocycles. The number of nitrogens with zero attached hydrogens (tertiary/aromatic N) is 2. The van der Waals surface area contributed by atoms with E-state index in [0.29, 0.717) is 18.3 Å². The van der Waals surface area contributed by atoms with Crippen LogP contribution in [0.15, 0.2) is 24.3 Å². The van der Waals surface area contributed by atoms with Crippen LogP contribution < -0.4 is 11.6 Å². The van der Waals surface area contributed by atoms with Gasteiger partial charge in [0.1, 0.15) is 11.5 Å². The molecular weight excluding hydrogens is 264 g/mol. The number of aromatic nitrogens is 2. The smallest absolute Gasteiger partial charge is 0.150 e. The highest BCUT2D eigenvalue weighted by atomic mass is 16.5. The maximum absolute atomic E-state index is 6.15. The van der Waals surface area contributed by atoms with E-state index in [1.165, 1.54) is 12.8 Å². The summed E-state index contributed by atoms with van der Waals surface area (Å²) >= 11 is 0. The first-order valence-corrected chi connectivity index (χ1v) is 7.42.